The largest absolute Gasteiger partial charge is 0.333 e. The summed E-state index contributed by atoms with van der Waals surface area (Å²) >= 11 is 1.61. The molecule has 3 nitrogen and oxygen atoms in total. The Morgan fingerprint density at radius 1 is 0.768 bits per heavy atom. The predicted octanol–water partition coefficient (Wildman–Crippen LogP) is 13.5. The normalized spacial score (nSPS) is 11.8. The molecule has 0 fully saturated rings. The summed E-state index contributed by atoms with van der Waals surface area (Å²) in [6, 6.07) is 41.2. The Bertz CT molecular complexity index is 2590. The molecule has 0 amide bonds. The van der Waals surface area contributed by atoms with Crippen LogP contribution in [0, 0.1) is 23.9 Å². The number of hydrogen-bond acceptors (Lipinski definition) is 3. The smallest absolute Gasteiger partial charge is 0.124 e. The molecular formula is C49H50FIrN3SSi-2. The van der Waals surface area contributed by atoms with Crippen molar-refractivity contribution in [2.45, 2.75) is 79.4 Å². The number of imidazole rings is 1. The predicted molar refractivity (Wildman–Crippen MR) is 236 cm³/mol. The fourth-order valence-corrected chi connectivity index (χ4v) is 10.4. The maximum atomic E-state index is 14.0. The number of hydrogen-bond donors (Lipinski definition) is 0. The number of rotatable bonds is 8. The van der Waals surface area contributed by atoms with Crippen LogP contribution < -0.4 is 5.19 Å². The van der Waals surface area contributed by atoms with Crippen LogP contribution in [0.2, 0.25) is 19.6 Å². The van der Waals surface area contributed by atoms with E-state index in [1.54, 1.807) is 17.4 Å². The van der Waals surface area contributed by atoms with Crippen molar-refractivity contribution < 1.29 is 24.5 Å². The second kappa shape index (κ2) is 17.1. The van der Waals surface area contributed by atoms with Crippen LogP contribution in [0.15, 0.2) is 109 Å². The molecule has 56 heavy (non-hydrogen) atoms. The number of nitrogens with zero attached hydrogens (tertiary/aromatic N) is 3. The standard InChI is InChI=1S/C31H26FN2S.C18H24NSi.Ir/c1-18(2)21-9-7-10-22(19(3)4)29(21)34-27-14-6-5-13-26(27)33-31(34)25-12-8-11-24-23-16-15-20(32)17-28(23)35-30(24)25;1-14(2)11-16-12-17(15-9-7-6-8-10-15)19-13-18(16)20(3,4)5;/h5-11,13-19H,1-4H3;6-9,12-14H,11H2,1-5H3;/q2*-1;. The van der Waals surface area contributed by atoms with Crippen LogP contribution in [0.1, 0.15) is 70.1 Å². The maximum Gasteiger partial charge on any atom is 0.124 e. The SMILES string of the molecule is CC(C)Cc1cc(-c2[c-]cccc2)ncc1[Si](C)(C)C.CC(C)c1cccc(C(C)C)c1-n1c(-c2[c-]ccc3c2sc2cc(F)ccc23)nc2ccccc21.[Ir]. The van der Waals surface area contributed by atoms with E-state index in [2.05, 4.69) is 144 Å². The first kappa shape index (κ1) is 41.4. The van der Waals surface area contributed by atoms with Crippen molar-refractivity contribution in [2.75, 3.05) is 0 Å². The molecule has 1 radical (unpaired) electrons. The quantitative estimate of drug-likeness (QED) is 0.112. The molecule has 3 heterocycles. The summed E-state index contributed by atoms with van der Waals surface area (Å²) < 4.78 is 18.4. The Kier molecular flexibility index (Phi) is 12.6. The number of aromatic nitrogens is 3. The summed E-state index contributed by atoms with van der Waals surface area (Å²) in [7, 11) is -1.34. The summed E-state index contributed by atoms with van der Waals surface area (Å²) in [4.78, 5) is 9.85. The number of halogens is 1. The van der Waals surface area contributed by atoms with Gasteiger partial charge in [-0.1, -0.05) is 120 Å². The van der Waals surface area contributed by atoms with Crippen LogP contribution in [0.25, 0.3) is 59.5 Å². The average molecular weight is 952 g/mol. The summed E-state index contributed by atoms with van der Waals surface area (Å²) in [5, 5.41) is 3.67. The maximum absolute atomic E-state index is 14.0. The Morgan fingerprint density at radius 3 is 2.14 bits per heavy atom. The first-order valence-electron chi connectivity index (χ1n) is 19.4. The van der Waals surface area contributed by atoms with Gasteiger partial charge < -0.3 is 9.55 Å². The minimum atomic E-state index is -1.34. The van der Waals surface area contributed by atoms with Crippen molar-refractivity contribution in [2.24, 2.45) is 5.92 Å². The van der Waals surface area contributed by atoms with Crippen LogP contribution >= 0.6 is 11.3 Å². The van der Waals surface area contributed by atoms with E-state index in [1.807, 2.05) is 36.4 Å². The summed E-state index contributed by atoms with van der Waals surface area (Å²) in [6.07, 6.45) is 3.24. The van der Waals surface area contributed by atoms with Crippen molar-refractivity contribution >= 4 is 55.8 Å². The molecule has 0 atom stereocenters. The monoisotopic (exact) mass is 952 g/mol. The van der Waals surface area contributed by atoms with E-state index >= 15 is 0 Å². The number of pyridine rings is 1. The van der Waals surface area contributed by atoms with Gasteiger partial charge in [0.25, 0.3) is 0 Å². The minimum Gasteiger partial charge on any atom is -0.333 e. The van der Waals surface area contributed by atoms with Gasteiger partial charge in [0.2, 0.25) is 0 Å². The van der Waals surface area contributed by atoms with E-state index in [9.17, 15) is 4.39 Å². The third-order valence-electron chi connectivity index (χ3n) is 10.2. The zero-order valence-electron chi connectivity index (χ0n) is 33.8. The molecule has 7 heteroatoms. The van der Waals surface area contributed by atoms with Crippen molar-refractivity contribution in [3.8, 4) is 28.3 Å². The first-order valence-corrected chi connectivity index (χ1v) is 23.7. The van der Waals surface area contributed by atoms with Crippen LogP contribution in [0.3, 0.4) is 0 Å². The number of para-hydroxylation sites is 3. The van der Waals surface area contributed by atoms with Crippen molar-refractivity contribution in [1.82, 2.24) is 14.5 Å². The van der Waals surface area contributed by atoms with Crippen molar-refractivity contribution in [3.05, 3.63) is 144 Å². The summed E-state index contributed by atoms with van der Waals surface area (Å²) in [5.74, 6) is 2.03. The van der Waals surface area contributed by atoms with Gasteiger partial charge in [-0.05, 0) is 80.5 Å². The Morgan fingerprint density at radius 2 is 1.48 bits per heavy atom. The fourth-order valence-electron chi connectivity index (χ4n) is 7.55. The van der Waals surface area contributed by atoms with Gasteiger partial charge in [0.1, 0.15) is 5.82 Å². The molecule has 0 aliphatic heterocycles. The summed E-state index contributed by atoms with van der Waals surface area (Å²) in [6.45, 7) is 20.7. The molecule has 5 aromatic carbocycles. The van der Waals surface area contributed by atoms with Crippen LogP contribution in [-0.2, 0) is 26.5 Å². The third-order valence-corrected chi connectivity index (χ3v) is 13.4. The van der Waals surface area contributed by atoms with E-state index in [0.29, 0.717) is 17.8 Å². The molecule has 0 bridgehead atoms. The Balaban J connectivity index is 0.000000217. The third kappa shape index (κ3) is 8.38. The van der Waals surface area contributed by atoms with Gasteiger partial charge in [0.15, 0.2) is 0 Å². The minimum absolute atomic E-state index is 0. The zero-order chi connectivity index (χ0) is 39.0. The van der Waals surface area contributed by atoms with Crippen molar-refractivity contribution in [1.29, 1.82) is 0 Å². The Labute approximate surface area is 350 Å². The molecule has 0 unspecified atom stereocenters. The van der Waals surface area contributed by atoms with Crippen molar-refractivity contribution in [3.63, 3.8) is 0 Å². The molecule has 8 rings (SSSR count). The molecular weight excluding hydrogens is 902 g/mol. The van der Waals surface area contributed by atoms with Gasteiger partial charge in [0.05, 0.1) is 24.9 Å². The topological polar surface area (TPSA) is 30.7 Å². The van der Waals surface area contributed by atoms with Gasteiger partial charge >= 0.3 is 0 Å². The molecule has 0 saturated heterocycles. The molecule has 0 aliphatic rings. The molecule has 0 saturated carbocycles. The average Bonchev–Trinajstić information content (AvgIpc) is 3.72. The first-order chi connectivity index (χ1) is 26.3. The van der Waals surface area contributed by atoms with Gasteiger partial charge in [-0.2, -0.15) is 11.3 Å². The fraction of sp³-hybridized carbons (Fsp3) is 0.265. The zero-order valence-corrected chi connectivity index (χ0v) is 38.0. The number of thiophene rings is 1. The van der Waals surface area contributed by atoms with E-state index in [1.165, 1.54) is 33.6 Å². The molecule has 289 valence electrons. The second-order valence-electron chi connectivity index (χ2n) is 16.5. The molecule has 0 spiro atoms. The number of fused-ring (bicyclic) bond motifs is 4. The summed E-state index contributed by atoms with van der Waals surface area (Å²) in [5.41, 5.74) is 10.4. The molecule has 0 aliphatic carbocycles. The van der Waals surface area contributed by atoms with E-state index in [4.69, 9.17) is 4.98 Å². The Hall–Kier alpha value is -4.26. The van der Waals surface area contributed by atoms with E-state index in [0.717, 1.165) is 60.3 Å². The number of benzene rings is 5. The molecule has 3 aromatic heterocycles. The second-order valence-corrected chi connectivity index (χ2v) is 22.6. The molecule has 8 aromatic rings. The van der Waals surface area contributed by atoms with E-state index < -0.39 is 8.07 Å². The van der Waals surface area contributed by atoms with E-state index in [-0.39, 0.29) is 25.9 Å². The van der Waals surface area contributed by atoms with Gasteiger partial charge in [-0.15, -0.1) is 54.1 Å². The van der Waals surface area contributed by atoms with Gasteiger partial charge in [-0.25, -0.2) is 4.39 Å². The van der Waals surface area contributed by atoms with Gasteiger partial charge in [0, 0.05) is 36.7 Å². The van der Waals surface area contributed by atoms with Crippen LogP contribution in [0.4, 0.5) is 4.39 Å². The molecule has 0 N–H and O–H groups in total. The van der Waals surface area contributed by atoms with Crippen LogP contribution in [0.5, 0.6) is 0 Å². The van der Waals surface area contributed by atoms with Gasteiger partial charge in [-0.3, -0.25) is 4.98 Å². The van der Waals surface area contributed by atoms with Crippen LogP contribution in [-0.4, -0.2) is 22.6 Å².